The van der Waals surface area contributed by atoms with Crippen molar-refractivity contribution in [3.63, 3.8) is 0 Å². The molecule has 0 aromatic heterocycles. The maximum Gasteiger partial charge on any atom is 0.362 e. The molecule has 0 saturated heterocycles. The number of esters is 2. The molecule has 2 atom stereocenters. The number of hydrogen-bond donors (Lipinski definition) is 1. The molecule has 66 heavy (non-hydrogen) atoms. The second-order valence-electron chi connectivity index (χ2n) is 19.8. The summed E-state index contributed by atoms with van der Waals surface area (Å²) in [5.74, 6) is -1.47. The van der Waals surface area contributed by atoms with Crippen LogP contribution in [0.4, 0.5) is 0 Å². The summed E-state index contributed by atoms with van der Waals surface area (Å²) in [6, 6.07) is -0.618. The van der Waals surface area contributed by atoms with Gasteiger partial charge < -0.3 is 23.8 Å². The first-order chi connectivity index (χ1) is 32.1. The van der Waals surface area contributed by atoms with Gasteiger partial charge in [-0.3, -0.25) is 9.59 Å². The summed E-state index contributed by atoms with van der Waals surface area (Å²) < 4.78 is 17.4. The molecule has 2 unspecified atom stereocenters. The SMILES string of the molecule is CC/C=C/C/C=C/C/C=C/C/C=C/CCCCCCCCC(=O)OC(COCCC(C(=O)O)[N+](C)(C)C)COC(=O)CCCCCCCCCCCCCCCCCCCCCCCCC. The van der Waals surface area contributed by atoms with E-state index in [4.69, 9.17) is 14.2 Å². The molecule has 1 N–H and O–H groups in total. The average molecular weight is 929 g/mol. The summed E-state index contributed by atoms with van der Waals surface area (Å²) in [5.41, 5.74) is 0. The summed E-state index contributed by atoms with van der Waals surface area (Å²) in [6.45, 7) is 4.65. The minimum Gasteiger partial charge on any atom is -0.477 e. The van der Waals surface area contributed by atoms with E-state index >= 15 is 0 Å². The summed E-state index contributed by atoms with van der Waals surface area (Å²) in [7, 11) is 5.54. The third-order valence-corrected chi connectivity index (χ3v) is 12.5. The third kappa shape index (κ3) is 46.4. The van der Waals surface area contributed by atoms with Crippen molar-refractivity contribution in [2.45, 2.75) is 264 Å². The Morgan fingerprint density at radius 3 is 1.26 bits per heavy atom. The molecule has 0 aromatic rings. The van der Waals surface area contributed by atoms with E-state index in [1.165, 1.54) is 141 Å². The topological polar surface area (TPSA) is 99.1 Å². The first-order valence-electron chi connectivity index (χ1n) is 27.7. The minimum absolute atomic E-state index is 0.0547. The third-order valence-electron chi connectivity index (χ3n) is 12.5. The minimum atomic E-state index is -0.876. The van der Waals surface area contributed by atoms with Crippen LogP contribution in [-0.4, -0.2) is 80.6 Å². The van der Waals surface area contributed by atoms with Crippen molar-refractivity contribution in [1.29, 1.82) is 0 Å². The Hall–Kier alpha value is -2.71. The standard InChI is InChI=1S/C58H105NO7/c1-6-8-10-12-14-16-18-20-22-24-26-27-28-29-31-32-34-36-38-40-42-44-46-48-56(60)65-53-54(52-64-51-50-55(58(62)63)59(3,4)5)66-57(61)49-47-45-43-41-39-37-35-33-30-25-23-21-19-17-15-13-11-9-7-2/h9,11,15,17,21,23,30,33,54-55H,6-8,10,12-14,16,18-20,22,24-29,31-32,34-53H2,1-5H3/p+1/b11-9+,17-15+,23-21+,33-30+. The Kier molecular flexibility index (Phi) is 46.7. The predicted octanol–water partition coefficient (Wildman–Crippen LogP) is 16.3. The number of carboxylic acids is 1. The number of carboxylic acid groups (broad SMARTS) is 1. The number of hydrogen-bond acceptors (Lipinski definition) is 6. The van der Waals surface area contributed by atoms with Gasteiger partial charge >= 0.3 is 17.9 Å². The number of rotatable bonds is 50. The monoisotopic (exact) mass is 929 g/mol. The Morgan fingerprint density at radius 2 is 0.848 bits per heavy atom. The molecule has 0 bridgehead atoms. The molecule has 0 heterocycles. The number of unbranched alkanes of at least 4 members (excludes halogenated alkanes) is 28. The largest absolute Gasteiger partial charge is 0.477 e. The van der Waals surface area contributed by atoms with Crippen molar-refractivity contribution in [3.05, 3.63) is 48.6 Å². The van der Waals surface area contributed by atoms with Gasteiger partial charge in [0.25, 0.3) is 0 Å². The number of quaternary nitrogens is 1. The van der Waals surface area contributed by atoms with Crippen molar-refractivity contribution < 1.29 is 38.2 Å². The molecule has 0 rings (SSSR count). The second-order valence-corrected chi connectivity index (χ2v) is 19.8. The first-order valence-corrected chi connectivity index (χ1v) is 27.7. The van der Waals surface area contributed by atoms with Crippen molar-refractivity contribution in [1.82, 2.24) is 0 Å². The molecule has 8 nitrogen and oxygen atoms in total. The molecular weight excluding hydrogens is 823 g/mol. The lowest BCUT2D eigenvalue weighted by Gasteiger charge is -2.31. The zero-order valence-electron chi connectivity index (χ0n) is 43.9. The Morgan fingerprint density at radius 1 is 0.470 bits per heavy atom. The van der Waals surface area contributed by atoms with E-state index in [-0.39, 0.29) is 36.2 Å². The maximum absolute atomic E-state index is 12.8. The molecule has 0 radical (unpaired) electrons. The number of likely N-dealkylation sites (N-methyl/N-ethyl adjacent to an activating group) is 1. The number of carbonyl (C=O) groups is 3. The van der Waals surface area contributed by atoms with E-state index in [1.807, 2.05) is 21.1 Å². The number of aliphatic carboxylic acids is 1. The highest BCUT2D eigenvalue weighted by molar-refractivity contribution is 5.72. The quantitative estimate of drug-likeness (QED) is 0.0281. The predicted molar refractivity (Wildman–Crippen MR) is 280 cm³/mol. The number of allylic oxidation sites excluding steroid dienone is 8. The molecule has 0 aromatic carbocycles. The first kappa shape index (κ1) is 63.3. The van der Waals surface area contributed by atoms with Crippen LogP contribution in [0.2, 0.25) is 0 Å². The molecule has 0 spiro atoms. The highest BCUT2D eigenvalue weighted by Crippen LogP contribution is 2.17. The molecule has 8 heteroatoms. The lowest BCUT2D eigenvalue weighted by atomic mass is 10.0. The van der Waals surface area contributed by atoms with Crippen molar-refractivity contribution in [2.24, 2.45) is 0 Å². The fourth-order valence-electron chi connectivity index (χ4n) is 8.26. The molecule has 0 aliphatic heterocycles. The van der Waals surface area contributed by atoms with Crippen LogP contribution >= 0.6 is 0 Å². The smallest absolute Gasteiger partial charge is 0.362 e. The van der Waals surface area contributed by atoms with Gasteiger partial charge in [0, 0.05) is 19.3 Å². The van der Waals surface area contributed by atoms with Gasteiger partial charge in [-0.1, -0.05) is 229 Å². The molecule has 0 fully saturated rings. The second kappa shape index (κ2) is 48.7. The van der Waals surface area contributed by atoms with Crippen molar-refractivity contribution in [2.75, 3.05) is 41.0 Å². The van der Waals surface area contributed by atoms with Crippen LogP contribution in [0.5, 0.6) is 0 Å². The number of carbonyl (C=O) groups excluding carboxylic acids is 2. The Labute approximate surface area is 407 Å². The number of nitrogens with zero attached hydrogens (tertiary/aromatic N) is 1. The average Bonchev–Trinajstić information content (AvgIpc) is 3.28. The molecular formula is C58H106NO7+. The van der Waals surface area contributed by atoms with Gasteiger partial charge in [-0.05, 0) is 51.4 Å². The van der Waals surface area contributed by atoms with Crippen LogP contribution in [0.3, 0.4) is 0 Å². The van der Waals surface area contributed by atoms with Gasteiger partial charge in [0.15, 0.2) is 12.1 Å². The highest BCUT2D eigenvalue weighted by Gasteiger charge is 2.31. The van der Waals surface area contributed by atoms with Crippen LogP contribution < -0.4 is 0 Å². The van der Waals surface area contributed by atoms with Crippen LogP contribution in [0.25, 0.3) is 0 Å². The van der Waals surface area contributed by atoms with Crippen molar-refractivity contribution >= 4 is 17.9 Å². The fraction of sp³-hybridized carbons (Fsp3) is 0.810. The number of ether oxygens (including phenoxy) is 3. The van der Waals surface area contributed by atoms with Gasteiger partial charge in [-0.15, -0.1) is 0 Å². The van der Waals surface area contributed by atoms with Gasteiger partial charge in [0.2, 0.25) is 0 Å². The summed E-state index contributed by atoms with van der Waals surface area (Å²) in [4.78, 5) is 37.2. The molecule has 384 valence electrons. The molecule has 0 amide bonds. The summed E-state index contributed by atoms with van der Waals surface area (Å²) in [5, 5.41) is 9.67. The van der Waals surface area contributed by atoms with Gasteiger partial charge in [0.1, 0.15) is 6.61 Å². The molecule has 0 saturated carbocycles. The maximum atomic E-state index is 12.8. The van der Waals surface area contributed by atoms with E-state index < -0.39 is 18.1 Å². The van der Waals surface area contributed by atoms with Crippen LogP contribution in [0.1, 0.15) is 251 Å². The van der Waals surface area contributed by atoms with Gasteiger partial charge in [0.05, 0.1) is 34.4 Å². The van der Waals surface area contributed by atoms with Crippen LogP contribution in [0.15, 0.2) is 48.6 Å². The molecule has 0 aliphatic rings. The summed E-state index contributed by atoms with van der Waals surface area (Å²) >= 11 is 0. The van der Waals surface area contributed by atoms with E-state index in [0.29, 0.717) is 19.3 Å². The van der Waals surface area contributed by atoms with Crippen molar-refractivity contribution in [3.8, 4) is 0 Å². The lowest BCUT2D eigenvalue weighted by Crippen LogP contribution is -2.50. The lowest BCUT2D eigenvalue weighted by molar-refractivity contribution is -0.887. The summed E-state index contributed by atoms with van der Waals surface area (Å²) in [6.07, 6.45) is 60.3. The van der Waals surface area contributed by atoms with Crippen LogP contribution in [-0.2, 0) is 28.6 Å². The van der Waals surface area contributed by atoms with E-state index in [0.717, 1.165) is 77.0 Å². The molecule has 0 aliphatic carbocycles. The van der Waals surface area contributed by atoms with E-state index in [9.17, 15) is 19.5 Å². The van der Waals surface area contributed by atoms with E-state index in [1.54, 1.807) is 0 Å². The fourth-order valence-corrected chi connectivity index (χ4v) is 8.26. The van der Waals surface area contributed by atoms with Crippen LogP contribution in [0, 0.1) is 0 Å². The zero-order valence-corrected chi connectivity index (χ0v) is 43.9. The zero-order chi connectivity index (χ0) is 48.4. The van der Waals surface area contributed by atoms with Gasteiger partial charge in [-0.2, -0.15) is 0 Å². The Balaban J connectivity index is 4.18. The van der Waals surface area contributed by atoms with Gasteiger partial charge in [-0.25, -0.2) is 4.79 Å². The Bertz CT molecular complexity index is 1220. The van der Waals surface area contributed by atoms with E-state index in [2.05, 4.69) is 62.5 Å². The highest BCUT2D eigenvalue weighted by atomic mass is 16.6. The normalized spacial score (nSPS) is 13.2.